The number of furan rings is 1. The fourth-order valence-corrected chi connectivity index (χ4v) is 11.8. The van der Waals surface area contributed by atoms with E-state index in [0.717, 1.165) is 44.4 Å². The van der Waals surface area contributed by atoms with Crippen molar-refractivity contribution in [1.82, 2.24) is 0 Å². The molecular weight excluding hydrogens is 823 g/mol. The second kappa shape index (κ2) is 15.2. The van der Waals surface area contributed by atoms with Gasteiger partial charge in [-0.25, -0.2) is 0 Å². The van der Waals surface area contributed by atoms with Crippen LogP contribution in [-0.2, 0) is 10.8 Å². The Morgan fingerprint density at radius 1 is 0.338 bits per heavy atom. The first-order valence-electron chi connectivity index (χ1n) is 23.8. The second-order valence-corrected chi connectivity index (χ2v) is 19.6. The lowest BCUT2D eigenvalue weighted by Gasteiger charge is -2.32. The Morgan fingerprint density at radius 3 is 1.72 bits per heavy atom. The molecule has 2 aliphatic rings. The van der Waals surface area contributed by atoms with Crippen LogP contribution in [0.3, 0.4) is 0 Å². The van der Waals surface area contributed by atoms with Crippen molar-refractivity contribution < 1.29 is 4.42 Å². The SMILES string of the molecule is CC1(C)c2ccc(-c3cccc(N(c4cccc(-c5cccc6oc7ccccc7c56)c4)c4cccc5c4C(C)(C)c4ccccc4-5)c3)cc2-c2c(-c3ccccc3)cc(-c3ccccc3)cc21. The smallest absolute Gasteiger partial charge is 0.136 e. The molecule has 68 heavy (non-hydrogen) atoms. The number of fused-ring (bicyclic) bond motifs is 9. The molecule has 1 heterocycles. The van der Waals surface area contributed by atoms with E-state index in [2.05, 4.69) is 251 Å². The molecule has 324 valence electrons. The first kappa shape index (κ1) is 40.1. The van der Waals surface area contributed by atoms with E-state index >= 15 is 0 Å². The molecule has 0 unspecified atom stereocenters. The molecule has 10 aromatic carbocycles. The number of nitrogens with zero attached hydrogens (tertiary/aromatic N) is 1. The highest BCUT2D eigenvalue weighted by molar-refractivity contribution is 6.12. The number of benzene rings is 10. The van der Waals surface area contributed by atoms with Gasteiger partial charge in [-0.2, -0.15) is 0 Å². The van der Waals surface area contributed by atoms with Crippen LogP contribution in [0.2, 0.25) is 0 Å². The highest BCUT2D eigenvalue weighted by Gasteiger charge is 2.40. The highest BCUT2D eigenvalue weighted by atomic mass is 16.3. The maximum atomic E-state index is 6.39. The lowest BCUT2D eigenvalue weighted by molar-refractivity contribution is 0.660. The van der Waals surface area contributed by atoms with Crippen molar-refractivity contribution in [2.24, 2.45) is 0 Å². The summed E-state index contributed by atoms with van der Waals surface area (Å²) < 4.78 is 6.39. The molecule has 0 radical (unpaired) electrons. The third-order valence-electron chi connectivity index (χ3n) is 15.0. The molecule has 0 spiro atoms. The van der Waals surface area contributed by atoms with Crippen LogP contribution in [-0.4, -0.2) is 0 Å². The summed E-state index contributed by atoms with van der Waals surface area (Å²) in [5.41, 5.74) is 25.0. The second-order valence-electron chi connectivity index (χ2n) is 19.6. The molecule has 1 aromatic heterocycles. The summed E-state index contributed by atoms with van der Waals surface area (Å²) in [6.45, 7) is 9.54. The van der Waals surface area contributed by atoms with Crippen molar-refractivity contribution in [2.75, 3.05) is 4.90 Å². The minimum absolute atomic E-state index is 0.188. The van der Waals surface area contributed by atoms with Crippen LogP contribution in [0.25, 0.3) is 88.7 Å². The Kier molecular flexibility index (Phi) is 8.95. The van der Waals surface area contributed by atoms with Crippen LogP contribution < -0.4 is 4.90 Å². The Bertz CT molecular complexity index is 3800. The summed E-state index contributed by atoms with van der Waals surface area (Å²) in [4.78, 5) is 2.50. The minimum Gasteiger partial charge on any atom is -0.456 e. The third-order valence-corrected chi connectivity index (χ3v) is 15.0. The standard InChI is InChI=1S/C66H49NO/c1-65(2)57-36-35-45(39-55(57)62-54(43-21-9-6-10-22-43)40-47(41-58(62)65)42-19-7-5-8-20-42)44-23-15-25-48(37-44)67(59-32-17-30-52-51-27-11-13-31-56(51)66(3,4)64(52)59)49-26-16-24-46(38-49)50-29-18-34-61-63(50)53-28-12-14-33-60(53)68-61/h5-41H,1-4H3. The molecule has 2 aliphatic carbocycles. The Balaban J connectivity index is 0.995. The fraction of sp³-hybridized carbons (Fsp3) is 0.0909. The van der Waals surface area contributed by atoms with Crippen molar-refractivity contribution in [3.8, 4) is 66.8 Å². The predicted octanol–water partition coefficient (Wildman–Crippen LogP) is 18.3. The third kappa shape index (κ3) is 6.10. The minimum atomic E-state index is -0.228. The molecular formula is C66H49NO. The molecule has 0 saturated heterocycles. The van der Waals surface area contributed by atoms with Gasteiger partial charge in [-0.3, -0.25) is 0 Å². The van der Waals surface area contributed by atoms with Gasteiger partial charge >= 0.3 is 0 Å². The summed E-state index contributed by atoms with van der Waals surface area (Å²) in [5, 5.41) is 2.26. The molecule has 0 N–H and O–H groups in total. The van der Waals surface area contributed by atoms with E-state index in [9.17, 15) is 0 Å². The zero-order valence-corrected chi connectivity index (χ0v) is 38.7. The molecule has 0 fully saturated rings. The highest BCUT2D eigenvalue weighted by Crippen LogP contribution is 2.56. The number of anilines is 3. The van der Waals surface area contributed by atoms with Crippen molar-refractivity contribution in [2.45, 2.75) is 38.5 Å². The first-order valence-corrected chi connectivity index (χ1v) is 23.8. The van der Waals surface area contributed by atoms with Crippen LogP contribution in [0.4, 0.5) is 17.1 Å². The van der Waals surface area contributed by atoms with Gasteiger partial charge in [0.05, 0.1) is 5.69 Å². The normalized spacial score (nSPS) is 13.8. The topological polar surface area (TPSA) is 16.4 Å². The summed E-state index contributed by atoms with van der Waals surface area (Å²) in [6.07, 6.45) is 0. The van der Waals surface area contributed by atoms with Crippen LogP contribution in [0.15, 0.2) is 229 Å². The van der Waals surface area contributed by atoms with Gasteiger partial charge in [-0.05, 0) is 150 Å². The molecule has 0 bridgehead atoms. The summed E-state index contributed by atoms with van der Waals surface area (Å²) >= 11 is 0. The largest absolute Gasteiger partial charge is 0.456 e. The maximum absolute atomic E-state index is 6.39. The molecule has 0 saturated carbocycles. The molecule has 0 amide bonds. The van der Waals surface area contributed by atoms with E-state index in [-0.39, 0.29) is 10.8 Å². The van der Waals surface area contributed by atoms with Gasteiger partial charge < -0.3 is 9.32 Å². The molecule has 2 nitrogen and oxygen atoms in total. The zero-order chi connectivity index (χ0) is 45.7. The quantitative estimate of drug-likeness (QED) is 0.159. The number of para-hydroxylation sites is 1. The monoisotopic (exact) mass is 871 g/mol. The van der Waals surface area contributed by atoms with E-state index in [1.165, 1.54) is 83.6 Å². The Morgan fingerprint density at radius 2 is 0.912 bits per heavy atom. The van der Waals surface area contributed by atoms with Crippen molar-refractivity contribution in [1.29, 1.82) is 0 Å². The maximum Gasteiger partial charge on any atom is 0.136 e. The number of rotatable bonds is 7. The van der Waals surface area contributed by atoms with E-state index in [1.807, 2.05) is 6.07 Å². The lowest BCUT2D eigenvalue weighted by atomic mass is 9.80. The number of hydrogen-bond donors (Lipinski definition) is 0. The fourth-order valence-electron chi connectivity index (χ4n) is 11.8. The van der Waals surface area contributed by atoms with Gasteiger partial charge in [0.1, 0.15) is 11.2 Å². The average Bonchev–Trinajstić information content (AvgIpc) is 3.97. The average molecular weight is 872 g/mol. The van der Waals surface area contributed by atoms with Gasteiger partial charge in [0.2, 0.25) is 0 Å². The van der Waals surface area contributed by atoms with E-state index < -0.39 is 0 Å². The van der Waals surface area contributed by atoms with Gasteiger partial charge in [-0.15, -0.1) is 0 Å². The Hall–Kier alpha value is -8.20. The van der Waals surface area contributed by atoms with Gasteiger partial charge in [0, 0.05) is 33.0 Å². The Labute approximate surface area is 398 Å². The van der Waals surface area contributed by atoms with E-state index in [1.54, 1.807) is 0 Å². The van der Waals surface area contributed by atoms with Crippen LogP contribution >= 0.6 is 0 Å². The van der Waals surface area contributed by atoms with Crippen LogP contribution in [0, 0.1) is 0 Å². The van der Waals surface area contributed by atoms with E-state index in [4.69, 9.17) is 4.42 Å². The van der Waals surface area contributed by atoms with Gasteiger partial charge in [0.15, 0.2) is 0 Å². The molecule has 2 heteroatoms. The van der Waals surface area contributed by atoms with Crippen LogP contribution in [0.1, 0.15) is 49.9 Å². The number of hydrogen-bond acceptors (Lipinski definition) is 2. The first-order chi connectivity index (χ1) is 33.2. The van der Waals surface area contributed by atoms with Gasteiger partial charge in [0.25, 0.3) is 0 Å². The van der Waals surface area contributed by atoms with Gasteiger partial charge in [-0.1, -0.05) is 191 Å². The van der Waals surface area contributed by atoms with E-state index in [0.29, 0.717) is 0 Å². The van der Waals surface area contributed by atoms with Crippen molar-refractivity contribution >= 4 is 39.0 Å². The van der Waals surface area contributed by atoms with Crippen LogP contribution in [0.5, 0.6) is 0 Å². The zero-order valence-electron chi connectivity index (χ0n) is 38.7. The molecule has 0 atom stereocenters. The summed E-state index contributed by atoms with van der Waals surface area (Å²) in [6, 6.07) is 82.6. The van der Waals surface area contributed by atoms with Crippen molar-refractivity contribution in [3.05, 3.63) is 247 Å². The predicted molar refractivity (Wildman–Crippen MR) is 285 cm³/mol. The molecule has 13 rings (SSSR count). The molecule has 0 aliphatic heterocycles. The lowest BCUT2D eigenvalue weighted by Crippen LogP contribution is -2.20. The molecule has 11 aromatic rings. The summed E-state index contributed by atoms with van der Waals surface area (Å²) in [5.74, 6) is 0. The summed E-state index contributed by atoms with van der Waals surface area (Å²) in [7, 11) is 0. The van der Waals surface area contributed by atoms with Crippen molar-refractivity contribution in [3.63, 3.8) is 0 Å².